The van der Waals surface area contributed by atoms with Crippen LogP contribution in [0.3, 0.4) is 0 Å². The lowest BCUT2D eigenvalue weighted by Gasteiger charge is -2.33. The molecule has 7 heteroatoms. The van der Waals surface area contributed by atoms with Gasteiger partial charge in [0.05, 0.1) is 6.04 Å². The van der Waals surface area contributed by atoms with Crippen LogP contribution in [-0.4, -0.2) is 64.6 Å². The predicted octanol–water partition coefficient (Wildman–Crippen LogP) is 2.42. The van der Waals surface area contributed by atoms with Gasteiger partial charge in [0.1, 0.15) is 5.82 Å². The van der Waals surface area contributed by atoms with Gasteiger partial charge in [-0.2, -0.15) is 0 Å². The summed E-state index contributed by atoms with van der Waals surface area (Å²) in [5.41, 5.74) is 0.783. The molecule has 30 heavy (non-hydrogen) atoms. The molecule has 3 aliphatic heterocycles. The van der Waals surface area contributed by atoms with Crippen molar-refractivity contribution < 1.29 is 18.8 Å². The van der Waals surface area contributed by atoms with Crippen LogP contribution in [-0.2, 0) is 20.9 Å². The minimum Gasteiger partial charge on any atom is -0.343 e. The van der Waals surface area contributed by atoms with Crippen LogP contribution < -0.4 is 0 Å². The molecule has 3 heterocycles. The molecular weight excluding hydrogens is 385 g/mol. The van der Waals surface area contributed by atoms with Gasteiger partial charge in [0.2, 0.25) is 17.7 Å². The number of amides is 3. The van der Waals surface area contributed by atoms with E-state index < -0.39 is 0 Å². The van der Waals surface area contributed by atoms with E-state index in [0.29, 0.717) is 52.0 Å². The lowest BCUT2D eigenvalue weighted by atomic mass is 9.95. The van der Waals surface area contributed by atoms with E-state index in [2.05, 4.69) is 0 Å². The van der Waals surface area contributed by atoms with E-state index in [1.807, 2.05) is 15.9 Å². The van der Waals surface area contributed by atoms with Gasteiger partial charge >= 0.3 is 0 Å². The SMILES string of the molecule is CC(=O)N1CCC(C(=O)N2C[C@H]3CCCC(=O)N(Cc4cccc(F)c4)[C@H]3C2)CC1. The number of likely N-dealkylation sites (tertiary alicyclic amines) is 3. The zero-order valence-electron chi connectivity index (χ0n) is 17.6. The highest BCUT2D eigenvalue weighted by Crippen LogP contribution is 2.33. The van der Waals surface area contributed by atoms with Crippen molar-refractivity contribution in [2.75, 3.05) is 26.2 Å². The quantitative estimate of drug-likeness (QED) is 0.762. The maximum Gasteiger partial charge on any atom is 0.225 e. The third kappa shape index (κ3) is 4.35. The number of rotatable bonds is 3. The summed E-state index contributed by atoms with van der Waals surface area (Å²) in [6.45, 7) is 4.46. The molecule has 0 aliphatic carbocycles. The van der Waals surface area contributed by atoms with Gasteiger partial charge in [0, 0.05) is 52.0 Å². The first-order chi connectivity index (χ1) is 14.4. The molecule has 0 spiro atoms. The molecule has 0 radical (unpaired) electrons. The molecule has 162 valence electrons. The van der Waals surface area contributed by atoms with Crippen molar-refractivity contribution in [3.63, 3.8) is 0 Å². The van der Waals surface area contributed by atoms with Gasteiger partial charge in [-0.1, -0.05) is 12.1 Å². The number of piperidine rings is 1. The molecule has 3 fully saturated rings. The predicted molar refractivity (Wildman–Crippen MR) is 110 cm³/mol. The Kier molecular flexibility index (Phi) is 6.06. The fraction of sp³-hybridized carbons (Fsp3) is 0.609. The molecule has 0 saturated carbocycles. The van der Waals surface area contributed by atoms with Crippen LogP contribution in [0.2, 0.25) is 0 Å². The molecule has 3 amide bonds. The summed E-state index contributed by atoms with van der Waals surface area (Å²) >= 11 is 0. The molecule has 6 nitrogen and oxygen atoms in total. The minimum atomic E-state index is -0.300. The molecule has 2 atom stereocenters. The molecule has 0 bridgehead atoms. The number of benzene rings is 1. The van der Waals surface area contributed by atoms with E-state index in [0.717, 1.165) is 18.4 Å². The highest BCUT2D eigenvalue weighted by atomic mass is 19.1. The Bertz CT molecular complexity index is 822. The largest absolute Gasteiger partial charge is 0.343 e. The Morgan fingerprint density at radius 2 is 1.87 bits per heavy atom. The maximum atomic E-state index is 13.6. The topological polar surface area (TPSA) is 60.9 Å². The average Bonchev–Trinajstić information content (AvgIpc) is 3.09. The first kappa shape index (κ1) is 20.8. The smallest absolute Gasteiger partial charge is 0.225 e. The molecule has 3 aliphatic rings. The van der Waals surface area contributed by atoms with E-state index in [1.165, 1.54) is 12.1 Å². The third-order valence-corrected chi connectivity index (χ3v) is 6.94. The van der Waals surface area contributed by atoms with Gasteiger partial charge in [0.25, 0.3) is 0 Å². The van der Waals surface area contributed by atoms with Crippen LogP contribution in [0.4, 0.5) is 4.39 Å². The van der Waals surface area contributed by atoms with Crippen molar-refractivity contribution in [1.82, 2.24) is 14.7 Å². The second-order valence-corrected chi connectivity index (χ2v) is 8.89. The Labute approximate surface area is 177 Å². The van der Waals surface area contributed by atoms with Crippen LogP contribution in [0.5, 0.6) is 0 Å². The van der Waals surface area contributed by atoms with Crippen molar-refractivity contribution in [3.8, 4) is 0 Å². The fourth-order valence-electron chi connectivity index (χ4n) is 5.25. The van der Waals surface area contributed by atoms with E-state index in [-0.39, 0.29) is 41.4 Å². The molecule has 3 saturated heterocycles. The zero-order chi connectivity index (χ0) is 21.3. The van der Waals surface area contributed by atoms with E-state index in [4.69, 9.17) is 0 Å². The molecule has 1 aromatic carbocycles. The number of hydrogen-bond acceptors (Lipinski definition) is 3. The number of fused-ring (bicyclic) bond motifs is 1. The molecular formula is C23H30FN3O3. The number of carbonyl (C=O) groups excluding carboxylic acids is 3. The average molecular weight is 416 g/mol. The molecule has 1 aromatic rings. The van der Waals surface area contributed by atoms with Crippen molar-refractivity contribution >= 4 is 17.7 Å². The van der Waals surface area contributed by atoms with Gasteiger partial charge in [-0.25, -0.2) is 4.39 Å². The summed E-state index contributed by atoms with van der Waals surface area (Å²) in [6, 6.07) is 6.39. The van der Waals surface area contributed by atoms with Crippen LogP contribution in [0.1, 0.15) is 44.6 Å². The van der Waals surface area contributed by atoms with Crippen molar-refractivity contribution in [3.05, 3.63) is 35.6 Å². The lowest BCUT2D eigenvalue weighted by molar-refractivity contribution is -0.140. The van der Waals surface area contributed by atoms with Crippen LogP contribution in [0, 0.1) is 17.7 Å². The van der Waals surface area contributed by atoms with E-state index in [9.17, 15) is 18.8 Å². The van der Waals surface area contributed by atoms with Crippen LogP contribution in [0.15, 0.2) is 24.3 Å². The second kappa shape index (κ2) is 8.74. The first-order valence-corrected chi connectivity index (χ1v) is 11.0. The Balaban J connectivity index is 1.44. The van der Waals surface area contributed by atoms with E-state index in [1.54, 1.807) is 17.9 Å². The van der Waals surface area contributed by atoms with Gasteiger partial charge < -0.3 is 14.7 Å². The zero-order valence-corrected chi connectivity index (χ0v) is 17.6. The van der Waals surface area contributed by atoms with Gasteiger partial charge in [-0.05, 0) is 49.3 Å². The summed E-state index contributed by atoms with van der Waals surface area (Å²) in [6.07, 6.45) is 3.69. The summed E-state index contributed by atoms with van der Waals surface area (Å²) in [5, 5.41) is 0. The summed E-state index contributed by atoms with van der Waals surface area (Å²) in [5.74, 6) is 0.240. The third-order valence-electron chi connectivity index (χ3n) is 6.94. The Hall–Kier alpha value is -2.44. The summed E-state index contributed by atoms with van der Waals surface area (Å²) < 4.78 is 13.6. The Morgan fingerprint density at radius 1 is 1.10 bits per heavy atom. The number of halogens is 1. The van der Waals surface area contributed by atoms with Gasteiger partial charge in [-0.15, -0.1) is 0 Å². The monoisotopic (exact) mass is 415 g/mol. The lowest BCUT2D eigenvalue weighted by Crippen LogP contribution is -2.45. The minimum absolute atomic E-state index is 0.00970. The van der Waals surface area contributed by atoms with Crippen molar-refractivity contribution in [2.45, 2.75) is 51.6 Å². The number of nitrogens with zero attached hydrogens (tertiary/aromatic N) is 3. The van der Waals surface area contributed by atoms with Crippen molar-refractivity contribution in [1.29, 1.82) is 0 Å². The second-order valence-electron chi connectivity index (χ2n) is 8.89. The highest BCUT2D eigenvalue weighted by Gasteiger charge is 2.43. The molecule has 4 rings (SSSR count). The summed E-state index contributed by atoms with van der Waals surface area (Å²) in [7, 11) is 0. The normalized spacial score (nSPS) is 25.3. The summed E-state index contributed by atoms with van der Waals surface area (Å²) in [4.78, 5) is 43.1. The fourth-order valence-corrected chi connectivity index (χ4v) is 5.25. The van der Waals surface area contributed by atoms with E-state index >= 15 is 0 Å². The van der Waals surface area contributed by atoms with Crippen LogP contribution >= 0.6 is 0 Å². The first-order valence-electron chi connectivity index (χ1n) is 11.0. The Morgan fingerprint density at radius 3 is 2.57 bits per heavy atom. The van der Waals surface area contributed by atoms with Gasteiger partial charge in [0.15, 0.2) is 0 Å². The van der Waals surface area contributed by atoms with Crippen molar-refractivity contribution in [2.24, 2.45) is 11.8 Å². The molecule has 0 N–H and O–H groups in total. The highest BCUT2D eigenvalue weighted by molar-refractivity contribution is 5.81. The van der Waals surface area contributed by atoms with Crippen LogP contribution in [0.25, 0.3) is 0 Å². The molecule has 0 aromatic heterocycles. The molecule has 0 unspecified atom stereocenters. The number of hydrogen-bond donors (Lipinski definition) is 0. The van der Waals surface area contributed by atoms with Gasteiger partial charge in [-0.3, -0.25) is 14.4 Å². The maximum absolute atomic E-state index is 13.6. The number of carbonyl (C=O) groups is 3. The standard InChI is InChI=1S/C23H30FN3O3/c1-16(28)25-10-8-18(9-11-25)23(30)26-14-19-5-3-7-22(29)27(21(19)15-26)13-17-4-2-6-20(24)12-17/h2,4,6,12,18-19,21H,3,5,7-11,13-15H2,1H3/t19-,21+/m1/s1.